The third-order valence-corrected chi connectivity index (χ3v) is 4.89. The number of hydrogen-bond donors (Lipinski definition) is 0. The normalized spacial score (nSPS) is 15.8. The first-order valence-electron chi connectivity index (χ1n) is 8.61. The maximum atomic E-state index is 4.91. The number of aromatic nitrogens is 1. The number of para-hydroxylation sites is 1. The van der Waals surface area contributed by atoms with E-state index in [2.05, 4.69) is 78.4 Å². The highest BCUT2D eigenvalue weighted by Crippen LogP contribution is 2.31. The van der Waals surface area contributed by atoms with Gasteiger partial charge in [0.15, 0.2) is 0 Å². The molecule has 0 atom stereocenters. The largest absolute Gasteiger partial charge is 0.368 e. The van der Waals surface area contributed by atoms with Crippen LogP contribution in [0.25, 0.3) is 22.2 Å². The summed E-state index contributed by atoms with van der Waals surface area (Å²) in [4.78, 5) is 9.80. The molecular formula is C21H23N3. The molecule has 3 heteroatoms. The van der Waals surface area contributed by atoms with E-state index in [1.54, 1.807) is 0 Å². The molecule has 122 valence electrons. The maximum Gasteiger partial charge on any atom is 0.0730 e. The van der Waals surface area contributed by atoms with Crippen LogP contribution in [0.4, 0.5) is 5.69 Å². The Labute approximate surface area is 143 Å². The van der Waals surface area contributed by atoms with E-state index in [4.69, 9.17) is 4.98 Å². The standard InChI is InChI=1S/C21H23N3/c1-16-7-9-17(10-8-16)20-15-21(24-13-11-23(2)12-14-24)18-5-3-4-6-19(18)22-20/h3-10,15H,11-14H2,1-2H3. The molecule has 1 aliphatic heterocycles. The zero-order valence-corrected chi connectivity index (χ0v) is 14.4. The molecule has 0 N–H and O–H groups in total. The first kappa shape index (κ1) is 15.2. The van der Waals surface area contributed by atoms with Crippen LogP contribution in [0.15, 0.2) is 54.6 Å². The summed E-state index contributed by atoms with van der Waals surface area (Å²) in [7, 11) is 2.19. The average molecular weight is 317 g/mol. The summed E-state index contributed by atoms with van der Waals surface area (Å²) in [5.41, 5.74) is 5.90. The van der Waals surface area contributed by atoms with Crippen LogP contribution in [0.5, 0.6) is 0 Å². The van der Waals surface area contributed by atoms with Crippen LogP contribution >= 0.6 is 0 Å². The lowest BCUT2D eigenvalue weighted by Gasteiger charge is -2.34. The molecule has 1 saturated heterocycles. The molecule has 0 bridgehead atoms. The zero-order chi connectivity index (χ0) is 16.5. The third kappa shape index (κ3) is 2.87. The van der Waals surface area contributed by atoms with Crippen LogP contribution in [-0.4, -0.2) is 43.1 Å². The smallest absolute Gasteiger partial charge is 0.0730 e. The fourth-order valence-electron chi connectivity index (χ4n) is 3.34. The molecule has 1 fully saturated rings. The van der Waals surface area contributed by atoms with Crippen LogP contribution in [0.1, 0.15) is 5.56 Å². The zero-order valence-electron chi connectivity index (χ0n) is 14.4. The molecule has 2 heterocycles. The lowest BCUT2D eigenvalue weighted by Crippen LogP contribution is -2.44. The fraction of sp³-hybridized carbons (Fsp3) is 0.286. The Bertz CT molecular complexity index is 847. The summed E-state index contributed by atoms with van der Waals surface area (Å²) in [6.07, 6.45) is 0. The molecule has 3 aromatic rings. The minimum atomic E-state index is 1.06. The minimum Gasteiger partial charge on any atom is -0.368 e. The monoisotopic (exact) mass is 317 g/mol. The number of anilines is 1. The summed E-state index contributed by atoms with van der Waals surface area (Å²) in [5.74, 6) is 0. The molecule has 3 nitrogen and oxygen atoms in total. The Hall–Kier alpha value is -2.39. The van der Waals surface area contributed by atoms with Crippen molar-refractivity contribution in [3.8, 4) is 11.3 Å². The van der Waals surface area contributed by atoms with Crippen molar-refractivity contribution in [2.24, 2.45) is 0 Å². The van der Waals surface area contributed by atoms with Crippen molar-refractivity contribution in [1.29, 1.82) is 0 Å². The van der Waals surface area contributed by atoms with Gasteiger partial charge in [0, 0.05) is 42.8 Å². The van der Waals surface area contributed by atoms with Gasteiger partial charge in [-0.3, -0.25) is 0 Å². The number of likely N-dealkylation sites (N-methyl/N-ethyl adjacent to an activating group) is 1. The second-order valence-electron chi connectivity index (χ2n) is 6.70. The van der Waals surface area contributed by atoms with E-state index >= 15 is 0 Å². The van der Waals surface area contributed by atoms with E-state index in [-0.39, 0.29) is 0 Å². The summed E-state index contributed by atoms with van der Waals surface area (Å²) in [6, 6.07) is 19.4. The van der Waals surface area contributed by atoms with Gasteiger partial charge in [0.1, 0.15) is 0 Å². The minimum absolute atomic E-state index is 1.06. The summed E-state index contributed by atoms with van der Waals surface area (Å²) >= 11 is 0. The van der Waals surface area contributed by atoms with E-state index in [1.165, 1.54) is 22.2 Å². The molecule has 0 amide bonds. The van der Waals surface area contributed by atoms with Crippen molar-refractivity contribution >= 4 is 16.6 Å². The number of benzene rings is 2. The Balaban J connectivity index is 1.83. The summed E-state index contributed by atoms with van der Waals surface area (Å²) in [5, 5.41) is 1.25. The summed E-state index contributed by atoms with van der Waals surface area (Å²) < 4.78 is 0. The van der Waals surface area contributed by atoms with Crippen LogP contribution in [-0.2, 0) is 0 Å². The molecule has 4 rings (SSSR count). The van der Waals surface area contributed by atoms with Crippen molar-refractivity contribution in [1.82, 2.24) is 9.88 Å². The molecule has 24 heavy (non-hydrogen) atoms. The van der Waals surface area contributed by atoms with Gasteiger partial charge < -0.3 is 9.80 Å². The number of rotatable bonds is 2. The van der Waals surface area contributed by atoms with Crippen molar-refractivity contribution in [2.75, 3.05) is 38.1 Å². The quantitative estimate of drug-likeness (QED) is 0.713. The summed E-state index contributed by atoms with van der Waals surface area (Å²) in [6.45, 7) is 6.47. The fourth-order valence-corrected chi connectivity index (χ4v) is 3.34. The van der Waals surface area contributed by atoms with Crippen molar-refractivity contribution < 1.29 is 0 Å². The van der Waals surface area contributed by atoms with Crippen LogP contribution in [0.3, 0.4) is 0 Å². The Morgan fingerprint density at radius 1 is 0.875 bits per heavy atom. The lowest BCUT2D eigenvalue weighted by molar-refractivity contribution is 0.313. The van der Waals surface area contributed by atoms with E-state index in [0.29, 0.717) is 0 Å². The van der Waals surface area contributed by atoms with Gasteiger partial charge in [0.05, 0.1) is 11.2 Å². The van der Waals surface area contributed by atoms with E-state index < -0.39 is 0 Å². The van der Waals surface area contributed by atoms with Crippen LogP contribution < -0.4 is 4.90 Å². The second kappa shape index (κ2) is 6.25. The molecular weight excluding hydrogens is 294 g/mol. The van der Waals surface area contributed by atoms with Crippen molar-refractivity contribution in [2.45, 2.75) is 6.92 Å². The molecule has 1 aliphatic rings. The van der Waals surface area contributed by atoms with E-state index in [9.17, 15) is 0 Å². The van der Waals surface area contributed by atoms with Crippen LogP contribution in [0.2, 0.25) is 0 Å². The van der Waals surface area contributed by atoms with Gasteiger partial charge >= 0.3 is 0 Å². The number of pyridine rings is 1. The molecule has 2 aromatic carbocycles. The van der Waals surface area contributed by atoms with Crippen molar-refractivity contribution in [3.05, 3.63) is 60.2 Å². The Morgan fingerprint density at radius 3 is 2.33 bits per heavy atom. The number of fused-ring (bicyclic) bond motifs is 1. The molecule has 0 aliphatic carbocycles. The number of aryl methyl sites for hydroxylation is 1. The third-order valence-electron chi connectivity index (χ3n) is 4.89. The number of nitrogens with zero attached hydrogens (tertiary/aromatic N) is 3. The Kier molecular flexibility index (Phi) is 3.95. The van der Waals surface area contributed by atoms with Gasteiger partial charge in [-0.15, -0.1) is 0 Å². The molecule has 0 spiro atoms. The molecule has 0 unspecified atom stereocenters. The predicted molar refractivity (Wildman–Crippen MR) is 102 cm³/mol. The predicted octanol–water partition coefficient (Wildman–Crippen LogP) is 3.96. The first-order valence-corrected chi connectivity index (χ1v) is 8.61. The maximum absolute atomic E-state index is 4.91. The Morgan fingerprint density at radius 2 is 1.58 bits per heavy atom. The number of hydrogen-bond acceptors (Lipinski definition) is 3. The van der Waals surface area contributed by atoms with Gasteiger partial charge in [0.25, 0.3) is 0 Å². The van der Waals surface area contributed by atoms with Gasteiger partial charge in [-0.25, -0.2) is 4.98 Å². The van der Waals surface area contributed by atoms with Gasteiger partial charge in [-0.2, -0.15) is 0 Å². The molecule has 0 saturated carbocycles. The van der Waals surface area contributed by atoms with E-state index in [1.807, 2.05) is 0 Å². The topological polar surface area (TPSA) is 19.4 Å². The van der Waals surface area contributed by atoms with Crippen molar-refractivity contribution in [3.63, 3.8) is 0 Å². The average Bonchev–Trinajstić information content (AvgIpc) is 2.62. The van der Waals surface area contributed by atoms with Crippen LogP contribution in [0, 0.1) is 6.92 Å². The SMILES string of the molecule is Cc1ccc(-c2cc(N3CCN(C)CC3)c3ccccc3n2)cc1. The van der Waals surface area contributed by atoms with Gasteiger partial charge in [-0.05, 0) is 26.1 Å². The van der Waals surface area contributed by atoms with Gasteiger partial charge in [-0.1, -0.05) is 48.0 Å². The number of piperazine rings is 1. The highest BCUT2D eigenvalue weighted by molar-refractivity contribution is 5.94. The van der Waals surface area contributed by atoms with Gasteiger partial charge in [0.2, 0.25) is 0 Å². The van der Waals surface area contributed by atoms with E-state index in [0.717, 1.165) is 37.4 Å². The highest BCUT2D eigenvalue weighted by atomic mass is 15.2. The first-order chi connectivity index (χ1) is 11.7. The molecule has 1 aromatic heterocycles. The second-order valence-corrected chi connectivity index (χ2v) is 6.70. The highest BCUT2D eigenvalue weighted by Gasteiger charge is 2.18. The molecule has 0 radical (unpaired) electrons. The lowest BCUT2D eigenvalue weighted by atomic mass is 10.1.